The maximum Gasteiger partial charge on any atom is 0.316 e. The predicted octanol–water partition coefficient (Wildman–Crippen LogP) is -2.23. The summed E-state index contributed by atoms with van der Waals surface area (Å²) in [7, 11) is 1.19. The molecule has 0 bridgehead atoms. The first kappa shape index (κ1) is 59.5. The van der Waals surface area contributed by atoms with Crippen molar-refractivity contribution in [1.82, 2.24) is 0 Å². The minimum absolute atomic E-state index is 0.00724. The molecule has 12 N–H and O–H groups in total. The van der Waals surface area contributed by atoms with E-state index in [4.69, 9.17) is 52.1 Å². The molecule has 1 spiro atoms. The fourth-order valence-electron chi connectivity index (χ4n) is 16.8. The SMILES string of the molecule is CO[C@@H]1[C@@H](O)[C@H](O[C@@H]2[C@@H](O)[C@H](O[C@H]3[C@H](O)[C@@H](O)[C@H](O[C@H]4[C@H](O[C@H]5CC[C@]6(C)C7=C[C@@H](O)[C@]89C(=O)O[C@@](C)(C%10CCC(C)(C)O%10)[C@H]8CC[C@@]9(C)[C@@H]7CC[C@H]6C5(C)C)OC[C@@H](O)[C@@H]4O)O[C@@H]3CO)O[C@H](CO)[C@H]2O)O[C@H](CO)[C@H]1O. The molecule has 6 saturated heterocycles. The standard InChI is InChI=1S/C54H86O24/c1-49(2)14-12-32(77-49)53(7)29-11-16-52(6)22-9-10-28-50(3,4)31(13-15-51(28,5)23(22)17-30(59)54(29,52)48(67)78-53)73-47-43(33(60)24(58)21-69-47)76-44-37(64)36(63)40(27(20-57)72-44)74-46-39(66)42(35(62)26(19-56)71-46)75-45-38(65)41(68-8)34(61)25(18-55)70-45/h17,22,24-47,55-66H,9-16,18-21H2,1-8H3/t22-,24-,25-,26-,27-,28+,29-,30-,31+,32?,33+,34-,35-,36-,37-,38-,39-,40-,41+,42+,43-,44+,45+,46+,47+,51-,52+,53-,54+/m1/s1. The number of aliphatic hydroxyl groups is 12. The third-order valence-corrected chi connectivity index (χ3v) is 21.0. The van der Waals surface area contributed by atoms with Crippen molar-refractivity contribution in [2.45, 2.75) is 246 Å². The number of fused-ring (bicyclic) bond motifs is 4. The Morgan fingerprint density at radius 1 is 0.577 bits per heavy atom. The quantitative estimate of drug-likeness (QED) is 0.0527. The Balaban J connectivity index is 0.826. The number of aliphatic hydroxyl groups excluding tert-OH is 12. The highest BCUT2D eigenvalue weighted by Crippen LogP contribution is 2.76. The Hall–Kier alpha value is -1.67. The van der Waals surface area contributed by atoms with Gasteiger partial charge in [0.15, 0.2) is 25.2 Å². The molecule has 10 aliphatic rings. The molecule has 0 aromatic heterocycles. The Labute approximate surface area is 453 Å². The van der Waals surface area contributed by atoms with Crippen LogP contribution in [0, 0.1) is 39.4 Å². The molecule has 0 amide bonds. The second kappa shape index (κ2) is 21.4. The fraction of sp³-hybridized carbons (Fsp3) is 0.944. The molecule has 10 rings (SSSR count). The van der Waals surface area contributed by atoms with Gasteiger partial charge in [0, 0.05) is 13.0 Å². The number of esters is 1. The van der Waals surface area contributed by atoms with Crippen molar-refractivity contribution >= 4 is 5.97 Å². The normalized spacial score (nSPS) is 54.6. The summed E-state index contributed by atoms with van der Waals surface area (Å²) in [5, 5.41) is 133. The van der Waals surface area contributed by atoms with Crippen molar-refractivity contribution in [2.75, 3.05) is 33.5 Å². The van der Waals surface area contributed by atoms with Gasteiger partial charge in [-0.3, -0.25) is 4.79 Å². The summed E-state index contributed by atoms with van der Waals surface area (Å²) in [6.07, 6.45) is -25.7. The number of carbonyl (C=O) groups is 1. The summed E-state index contributed by atoms with van der Waals surface area (Å²) < 4.78 is 66.1. The number of allylic oxidation sites excluding steroid dienone is 1. The van der Waals surface area contributed by atoms with Crippen LogP contribution >= 0.6 is 0 Å². The van der Waals surface area contributed by atoms with Crippen LogP contribution in [0.2, 0.25) is 0 Å². The Morgan fingerprint density at radius 3 is 1.78 bits per heavy atom. The highest BCUT2D eigenvalue weighted by Gasteiger charge is 2.80. The molecular formula is C54H86O24. The van der Waals surface area contributed by atoms with Gasteiger partial charge in [0.2, 0.25) is 0 Å². The van der Waals surface area contributed by atoms with Gasteiger partial charge >= 0.3 is 5.97 Å². The third-order valence-electron chi connectivity index (χ3n) is 21.0. The molecule has 446 valence electrons. The van der Waals surface area contributed by atoms with Gasteiger partial charge in [-0.15, -0.1) is 0 Å². The zero-order valence-corrected chi connectivity index (χ0v) is 45.8. The summed E-state index contributed by atoms with van der Waals surface area (Å²) in [5.74, 6) is -0.547. The maximum atomic E-state index is 14.6. The van der Waals surface area contributed by atoms with Crippen molar-refractivity contribution in [2.24, 2.45) is 39.4 Å². The topological polar surface area (TPSA) is 361 Å². The van der Waals surface area contributed by atoms with Gasteiger partial charge in [-0.2, -0.15) is 0 Å². The molecule has 24 nitrogen and oxygen atoms in total. The van der Waals surface area contributed by atoms with Crippen LogP contribution in [-0.4, -0.2) is 247 Å². The van der Waals surface area contributed by atoms with Crippen LogP contribution in [-0.2, 0) is 56.9 Å². The summed E-state index contributed by atoms with van der Waals surface area (Å²) in [4.78, 5) is 14.6. The first-order valence-corrected chi connectivity index (χ1v) is 28.0. The van der Waals surface area contributed by atoms with E-state index in [1.165, 1.54) is 7.11 Å². The predicted molar refractivity (Wildman–Crippen MR) is 263 cm³/mol. The van der Waals surface area contributed by atoms with E-state index in [-0.39, 0.29) is 42.0 Å². The number of ether oxygens (including phenoxy) is 11. The van der Waals surface area contributed by atoms with Crippen LogP contribution < -0.4 is 0 Å². The largest absolute Gasteiger partial charge is 0.456 e. The van der Waals surface area contributed by atoms with Gasteiger partial charge < -0.3 is 113 Å². The zero-order chi connectivity index (χ0) is 56.6. The lowest BCUT2D eigenvalue weighted by Gasteiger charge is -2.64. The minimum Gasteiger partial charge on any atom is -0.456 e. The summed E-state index contributed by atoms with van der Waals surface area (Å²) in [6.45, 7) is 12.0. The zero-order valence-electron chi connectivity index (χ0n) is 45.8. The summed E-state index contributed by atoms with van der Waals surface area (Å²) >= 11 is 0. The van der Waals surface area contributed by atoms with Crippen molar-refractivity contribution in [3.63, 3.8) is 0 Å². The van der Waals surface area contributed by atoms with Crippen molar-refractivity contribution in [3.05, 3.63) is 11.6 Å². The molecule has 3 saturated carbocycles. The number of carbonyl (C=O) groups excluding carboxylic acids is 1. The average Bonchev–Trinajstić information content (AvgIpc) is 4.22. The minimum atomic E-state index is -2.00. The molecule has 4 aliphatic carbocycles. The second-order valence-corrected chi connectivity index (χ2v) is 25.9. The number of rotatable bonds is 13. The highest BCUT2D eigenvalue weighted by molar-refractivity contribution is 5.84. The van der Waals surface area contributed by atoms with E-state index in [1.54, 1.807) is 0 Å². The number of hydrogen-bond acceptors (Lipinski definition) is 24. The highest BCUT2D eigenvalue weighted by atomic mass is 16.8. The third kappa shape index (κ3) is 9.12. The van der Waals surface area contributed by atoms with Gasteiger partial charge in [-0.25, -0.2) is 0 Å². The van der Waals surface area contributed by atoms with Crippen LogP contribution in [0.5, 0.6) is 0 Å². The Kier molecular flexibility index (Phi) is 16.4. The van der Waals surface area contributed by atoms with Crippen LogP contribution in [0.25, 0.3) is 0 Å². The Bertz CT molecular complexity index is 2180. The number of hydrogen-bond donors (Lipinski definition) is 12. The first-order chi connectivity index (χ1) is 36.7. The molecule has 1 unspecified atom stereocenters. The molecule has 6 aliphatic heterocycles. The van der Waals surface area contributed by atoms with Gasteiger partial charge in [0.25, 0.3) is 0 Å². The molecule has 78 heavy (non-hydrogen) atoms. The van der Waals surface area contributed by atoms with E-state index in [1.807, 2.05) is 13.0 Å². The maximum absolute atomic E-state index is 14.6. The first-order valence-electron chi connectivity index (χ1n) is 28.0. The lowest BCUT2D eigenvalue weighted by molar-refractivity contribution is -0.392. The molecule has 0 aromatic carbocycles. The Morgan fingerprint density at radius 2 is 1.17 bits per heavy atom. The van der Waals surface area contributed by atoms with Gasteiger partial charge in [0.1, 0.15) is 103 Å². The fourth-order valence-corrected chi connectivity index (χ4v) is 16.8. The molecular weight excluding hydrogens is 1030 g/mol. The average molecular weight is 1120 g/mol. The van der Waals surface area contributed by atoms with Gasteiger partial charge in [-0.1, -0.05) is 39.3 Å². The van der Waals surface area contributed by atoms with E-state index in [9.17, 15) is 66.1 Å². The van der Waals surface area contributed by atoms with E-state index in [2.05, 4.69) is 41.5 Å². The van der Waals surface area contributed by atoms with Crippen molar-refractivity contribution in [3.8, 4) is 0 Å². The molecule has 9 fully saturated rings. The smallest absolute Gasteiger partial charge is 0.316 e. The lowest BCUT2D eigenvalue weighted by atomic mass is 9.40. The van der Waals surface area contributed by atoms with Crippen LogP contribution in [0.15, 0.2) is 11.6 Å². The number of methoxy groups -OCH3 is 1. The summed E-state index contributed by atoms with van der Waals surface area (Å²) in [5.41, 5.74) is -2.74. The molecule has 6 heterocycles. The number of cyclic esters (lactones) is 1. The van der Waals surface area contributed by atoms with Crippen LogP contribution in [0.3, 0.4) is 0 Å². The molecule has 0 aromatic rings. The summed E-state index contributed by atoms with van der Waals surface area (Å²) in [6, 6.07) is 0. The molecule has 29 atom stereocenters. The van der Waals surface area contributed by atoms with Gasteiger partial charge in [-0.05, 0) is 100 Å². The second-order valence-electron chi connectivity index (χ2n) is 25.9. The monoisotopic (exact) mass is 1120 g/mol. The van der Waals surface area contributed by atoms with E-state index in [0.717, 1.165) is 44.1 Å². The molecule has 24 heteroatoms. The van der Waals surface area contributed by atoms with Crippen LogP contribution in [0.4, 0.5) is 0 Å². The van der Waals surface area contributed by atoms with E-state index >= 15 is 0 Å². The van der Waals surface area contributed by atoms with Crippen molar-refractivity contribution < 1.29 is 118 Å². The van der Waals surface area contributed by atoms with Crippen LogP contribution in [0.1, 0.15) is 99.8 Å². The van der Waals surface area contributed by atoms with E-state index in [0.29, 0.717) is 12.8 Å². The van der Waals surface area contributed by atoms with E-state index < -0.39 is 176 Å². The molecule has 0 radical (unpaired) electrons. The van der Waals surface area contributed by atoms with Crippen molar-refractivity contribution in [1.29, 1.82) is 0 Å². The lowest BCUT2D eigenvalue weighted by Crippen LogP contribution is -2.67. The van der Waals surface area contributed by atoms with Gasteiger partial charge in [0.05, 0.1) is 50.3 Å².